The van der Waals surface area contributed by atoms with Crippen LogP contribution in [0.3, 0.4) is 0 Å². The lowest BCUT2D eigenvalue weighted by atomic mass is 9.61. The van der Waals surface area contributed by atoms with E-state index in [0.29, 0.717) is 24.3 Å². The van der Waals surface area contributed by atoms with E-state index in [4.69, 9.17) is 9.47 Å². The Morgan fingerprint density at radius 1 is 0.536 bits per heavy atom. The lowest BCUT2D eigenvalue weighted by Gasteiger charge is -2.44. The van der Waals surface area contributed by atoms with Crippen molar-refractivity contribution in [2.24, 2.45) is 23.7 Å². The van der Waals surface area contributed by atoms with Gasteiger partial charge in [-0.3, -0.25) is 9.59 Å². The van der Waals surface area contributed by atoms with Crippen molar-refractivity contribution in [1.82, 2.24) is 10.6 Å². The van der Waals surface area contributed by atoms with Crippen LogP contribution in [0.15, 0.2) is 35.3 Å². The molecule has 0 aromatic heterocycles. The Labute approximate surface area is 347 Å². The molecule has 4 unspecified atom stereocenters. The van der Waals surface area contributed by atoms with Crippen LogP contribution >= 0.6 is 0 Å². The lowest BCUT2D eigenvalue weighted by Crippen LogP contribution is -2.35. The summed E-state index contributed by atoms with van der Waals surface area (Å²) in [6.45, 7) is 15.6. The third-order valence-corrected chi connectivity index (χ3v) is 13.0. The van der Waals surface area contributed by atoms with E-state index in [1.807, 2.05) is 13.8 Å². The molecule has 4 atom stereocenters. The fraction of sp³-hybridized carbons (Fsp3) is 0.840. The maximum absolute atomic E-state index is 12.5. The number of nitrogens with one attached hydrogen (secondary N) is 2. The van der Waals surface area contributed by atoms with Gasteiger partial charge in [0.05, 0.1) is 25.4 Å². The molecule has 0 heterocycles. The summed E-state index contributed by atoms with van der Waals surface area (Å²) in [7, 11) is 3.22. The maximum atomic E-state index is 12.5. The van der Waals surface area contributed by atoms with Crippen molar-refractivity contribution in [2.45, 2.75) is 221 Å². The number of carbonyl (C=O) groups is 2. The zero-order chi connectivity index (χ0) is 41.2. The van der Waals surface area contributed by atoms with Crippen LogP contribution < -0.4 is 10.6 Å². The van der Waals surface area contributed by atoms with Crippen molar-refractivity contribution in [3.8, 4) is 0 Å². The topological polar surface area (TPSA) is 76.7 Å². The van der Waals surface area contributed by atoms with Crippen LogP contribution in [-0.4, -0.2) is 39.1 Å². The first-order valence-corrected chi connectivity index (χ1v) is 24.0. The minimum atomic E-state index is -0.0887. The summed E-state index contributed by atoms with van der Waals surface area (Å²) in [6, 6.07) is 0. The van der Waals surface area contributed by atoms with Crippen molar-refractivity contribution in [3.05, 3.63) is 35.3 Å². The fourth-order valence-corrected chi connectivity index (χ4v) is 9.42. The van der Waals surface area contributed by atoms with E-state index in [1.165, 1.54) is 167 Å². The molecule has 1 aliphatic carbocycles. The van der Waals surface area contributed by atoms with E-state index < -0.39 is 0 Å². The Bertz CT molecular complexity index is 1080. The number of ether oxygens (including phenoxy) is 2. The summed E-state index contributed by atoms with van der Waals surface area (Å²) in [5, 5.41) is 6.15. The van der Waals surface area contributed by atoms with Crippen molar-refractivity contribution < 1.29 is 19.1 Å². The quantitative estimate of drug-likeness (QED) is 0.0287. The number of carbonyl (C=O) groups excluding carboxylic acids is 2. The van der Waals surface area contributed by atoms with Gasteiger partial charge in [0.25, 0.3) is 11.8 Å². The second-order valence-corrected chi connectivity index (χ2v) is 17.1. The van der Waals surface area contributed by atoms with Gasteiger partial charge >= 0.3 is 0 Å². The third kappa shape index (κ3) is 22.6. The van der Waals surface area contributed by atoms with E-state index in [1.54, 1.807) is 27.2 Å². The first kappa shape index (κ1) is 51.8. The molecular weight excluding hydrogens is 693 g/mol. The molecule has 0 radical (unpaired) electrons. The molecule has 6 heteroatoms. The molecule has 0 saturated heterocycles. The average molecular weight is 785 g/mol. The number of amides is 2. The van der Waals surface area contributed by atoms with Crippen LogP contribution in [0.5, 0.6) is 0 Å². The third-order valence-electron chi connectivity index (χ3n) is 13.0. The lowest BCUT2D eigenvalue weighted by molar-refractivity contribution is -0.118. The zero-order valence-corrected chi connectivity index (χ0v) is 38.1. The van der Waals surface area contributed by atoms with Gasteiger partial charge in [-0.2, -0.15) is 0 Å². The van der Waals surface area contributed by atoms with Gasteiger partial charge in [-0.15, -0.1) is 0 Å². The molecule has 0 aliphatic heterocycles. The van der Waals surface area contributed by atoms with Crippen molar-refractivity contribution in [3.63, 3.8) is 0 Å². The minimum absolute atomic E-state index is 0.0280. The summed E-state index contributed by atoms with van der Waals surface area (Å²) in [5.41, 5.74) is 1.29. The van der Waals surface area contributed by atoms with Gasteiger partial charge in [0, 0.05) is 13.1 Å². The molecule has 0 spiro atoms. The highest BCUT2D eigenvalue weighted by Crippen LogP contribution is 2.47. The molecule has 2 amide bonds. The van der Waals surface area contributed by atoms with Gasteiger partial charge in [-0.25, -0.2) is 0 Å². The molecule has 56 heavy (non-hydrogen) atoms. The summed E-state index contributed by atoms with van der Waals surface area (Å²) in [5.74, 6) is 4.99. The van der Waals surface area contributed by atoms with Crippen LogP contribution in [0, 0.1) is 23.7 Å². The highest BCUT2D eigenvalue weighted by atomic mass is 16.5. The van der Waals surface area contributed by atoms with E-state index in [-0.39, 0.29) is 11.8 Å². The van der Waals surface area contributed by atoms with Gasteiger partial charge in [-0.05, 0) is 82.5 Å². The van der Waals surface area contributed by atoms with E-state index in [2.05, 4.69) is 31.1 Å². The standard InChI is InChI=1S/C50H92N2O4/c1-9-13-15-17-23-29-35-47-43(33-27-16-14-10-2)37-38-44(34-28-22-18-20-25-31-39-51-49(53)45(11-3)41(5)55-7)48(47)36-30-24-19-21-26-32-40-52-50(54)46(12-4)42(6)56-8/h11,43-44,47-48H,3,9-10,12-40H2,1-2,4-8H3,(H,51,53)(H,52,54). The van der Waals surface area contributed by atoms with Crippen molar-refractivity contribution >= 4 is 11.8 Å². The van der Waals surface area contributed by atoms with Gasteiger partial charge in [-0.1, -0.05) is 175 Å². The number of hydrogen-bond donors (Lipinski definition) is 2. The Balaban J connectivity index is 2.68. The molecule has 1 rings (SSSR count). The summed E-state index contributed by atoms with van der Waals surface area (Å²) in [6.07, 6.45) is 40.1. The van der Waals surface area contributed by atoms with Crippen LogP contribution in [-0.2, 0) is 19.1 Å². The van der Waals surface area contributed by atoms with Gasteiger partial charge < -0.3 is 20.1 Å². The number of allylic oxidation sites excluding steroid dienone is 2. The Morgan fingerprint density at radius 2 is 0.911 bits per heavy atom. The molecule has 0 aromatic carbocycles. The maximum Gasteiger partial charge on any atom is 0.254 e. The normalized spacial score (nSPS) is 19.2. The van der Waals surface area contributed by atoms with E-state index in [0.717, 1.165) is 54.4 Å². The van der Waals surface area contributed by atoms with Crippen molar-refractivity contribution in [1.29, 1.82) is 0 Å². The molecular formula is C50H92N2O4. The largest absolute Gasteiger partial charge is 0.501 e. The van der Waals surface area contributed by atoms with Crippen LogP contribution in [0.2, 0.25) is 0 Å². The van der Waals surface area contributed by atoms with Crippen LogP contribution in [0.4, 0.5) is 0 Å². The summed E-state index contributed by atoms with van der Waals surface area (Å²) >= 11 is 0. The Morgan fingerprint density at radius 3 is 1.32 bits per heavy atom. The summed E-state index contributed by atoms with van der Waals surface area (Å²) in [4.78, 5) is 25.0. The Hall–Kier alpha value is -2.24. The molecule has 1 saturated carbocycles. The molecule has 1 fully saturated rings. The zero-order valence-electron chi connectivity index (χ0n) is 38.1. The SMILES string of the molecule is C=CC(C(=O)NCCCCCCCCC1CCC(CCCCCC)C(CCCCCCCC)C1CCCCCCCCNC(=O)C(CC)=C(C)OC)=C(C)OC. The molecule has 6 nitrogen and oxygen atoms in total. The molecule has 326 valence electrons. The Kier molecular flexibility index (Phi) is 32.1. The molecule has 2 N–H and O–H groups in total. The van der Waals surface area contributed by atoms with Gasteiger partial charge in [0.1, 0.15) is 11.5 Å². The smallest absolute Gasteiger partial charge is 0.254 e. The average Bonchev–Trinajstić information content (AvgIpc) is 3.20. The number of unbranched alkanes of at least 4 members (excludes halogenated alkanes) is 18. The number of rotatable bonds is 36. The second kappa shape index (κ2) is 34.8. The highest BCUT2D eigenvalue weighted by molar-refractivity contribution is 5.96. The van der Waals surface area contributed by atoms with Gasteiger partial charge in [0.2, 0.25) is 0 Å². The van der Waals surface area contributed by atoms with Crippen LogP contribution in [0.1, 0.15) is 221 Å². The fourth-order valence-electron chi connectivity index (χ4n) is 9.42. The molecule has 0 bridgehead atoms. The van der Waals surface area contributed by atoms with E-state index >= 15 is 0 Å². The van der Waals surface area contributed by atoms with Crippen molar-refractivity contribution in [2.75, 3.05) is 27.3 Å². The number of methoxy groups -OCH3 is 2. The monoisotopic (exact) mass is 785 g/mol. The van der Waals surface area contributed by atoms with E-state index in [9.17, 15) is 9.59 Å². The summed E-state index contributed by atoms with van der Waals surface area (Å²) < 4.78 is 10.5. The second-order valence-electron chi connectivity index (χ2n) is 17.1. The predicted molar refractivity (Wildman–Crippen MR) is 241 cm³/mol. The highest BCUT2D eigenvalue weighted by Gasteiger charge is 2.37. The first-order chi connectivity index (χ1) is 27.3. The minimum Gasteiger partial charge on any atom is -0.501 e. The van der Waals surface area contributed by atoms with Crippen LogP contribution in [0.25, 0.3) is 0 Å². The molecule has 0 aromatic rings. The van der Waals surface area contributed by atoms with Gasteiger partial charge in [0.15, 0.2) is 0 Å². The number of hydrogen-bond acceptors (Lipinski definition) is 4. The first-order valence-electron chi connectivity index (χ1n) is 24.0. The molecule has 1 aliphatic rings. The predicted octanol–water partition coefficient (Wildman–Crippen LogP) is 14.1.